The molecule has 0 aliphatic heterocycles. The highest BCUT2D eigenvalue weighted by Gasteiger charge is 2.29. The molecule has 184 valence electrons. The first-order valence-corrected chi connectivity index (χ1v) is 12.8. The summed E-state index contributed by atoms with van der Waals surface area (Å²) in [6.45, 7) is 0. The van der Waals surface area contributed by atoms with Crippen LogP contribution in [0.4, 0.5) is 5.82 Å². The lowest BCUT2D eigenvalue weighted by molar-refractivity contribution is 0.221. The Bertz CT molecular complexity index is 1370. The van der Waals surface area contributed by atoms with Gasteiger partial charge in [0.1, 0.15) is 11.6 Å². The average molecular weight is 481 g/mol. The van der Waals surface area contributed by atoms with E-state index in [2.05, 4.69) is 82.2 Å². The number of tetrazole rings is 1. The molecule has 0 atom stereocenters. The molecule has 0 bridgehead atoms. The summed E-state index contributed by atoms with van der Waals surface area (Å²) < 4.78 is 0. The largest absolute Gasteiger partial charge is 0.367 e. The summed E-state index contributed by atoms with van der Waals surface area (Å²) in [6.07, 6.45) is 6.23. The minimum Gasteiger partial charge on any atom is -0.367 e. The van der Waals surface area contributed by atoms with Gasteiger partial charge in [0.2, 0.25) is 5.82 Å². The van der Waals surface area contributed by atoms with Crippen LogP contribution in [0.25, 0.3) is 22.5 Å². The van der Waals surface area contributed by atoms with Crippen LogP contribution in [0.3, 0.4) is 0 Å². The smallest absolute Gasteiger partial charge is 0.204 e. The van der Waals surface area contributed by atoms with Crippen molar-refractivity contribution in [3.8, 4) is 22.5 Å². The van der Waals surface area contributed by atoms with Crippen molar-refractivity contribution in [1.82, 2.24) is 35.1 Å². The molecule has 2 aliphatic carbocycles. The molecule has 0 unspecified atom stereocenters. The fourth-order valence-electron chi connectivity index (χ4n) is 5.56. The van der Waals surface area contributed by atoms with E-state index in [1.54, 1.807) is 7.05 Å². The minimum absolute atomic E-state index is 0.428. The molecule has 6 rings (SSSR count). The van der Waals surface area contributed by atoms with Crippen LogP contribution in [-0.2, 0) is 19.9 Å². The van der Waals surface area contributed by atoms with Gasteiger partial charge in [-0.3, -0.25) is 0 Å². The first-order chi connectivity index (χ1) is 17.5. The van der Waals surface area contributed by atoms with Crippen molar-refractivity contribution < 1.29 is 0 Å². The number of hydrogen-bond donors (Lipinski definition) is 1. The van der Waals surface area contributed by atoms with Gasteiger partial charge in [0.15, 0.2) is 0 Å². The summed E-state index contributed by atoms with van der Waals surface area (Å²) in [5.41, 5.74) is 6.88. The molecule has 8 heteroatoms. The molecular formula is C28H32N8. The van der Waals surface area contributed by atoms with Crippen molar-refractivity contribution in [2.75, 3.05) is 19.4 Å². The maximum absolute atomic E-state index is 5.10. The van der Waals surface area contributed by atoms with Gasteiger partial charge in [-0.25, -0.2) is 9.97 Å². The quantitative estimate of drug-likeness (QED) is 0.391. The molecule has 1 N–H and O–H groups in total. The normalized spacial score (nSPS) is 18.8. The molecule has 1 fully saturated rings. The number of hydrogen-bond acceptors (Lipinski definition) is 7. The van der Waals surface area contributed by atoms with Gasteiger partial charge in [-0.05, 0) is 67.7 Å². The molecule has 2 aromatic heterocycles. The highest BCUT2D eigenvalue weighted by atomic mass is 15.6. The monoisotopic (exact) mass is 480 g/mol. The number of benzene rings is 2. The zero-order chi connectivity index (χ0) is 24.6. The van der Waals surface area contributed by atoms with E-state index >= 15 is 0 Å². The number of aromatic nitrogens is 6. The van der Waals surface area contributed by atoms with E-state index in [1.807, 2.05) is 6.07 Å². The van der Waals surface area contributed by atoms with E-state index in [-0.39, 0.29) is 0 Å². The first-order valence-electron chi connectivity index (χ1n) is 12.8. The first kappa shape index (κ1) is 22.8. The molecule has 0 saturated heterocycles. The summed E-state index contributed by atoms with van der Waals surface area (Å²) in [6, 6.07) is 18.0. The number of anilines is 1. The molecule has 1 saturated carbocycles. The van der Waals surface area contributed by atoms with E-state index in [1.165, 1.54) is 34.3 Å². The molecule has 4 aromatic rings. The van der Waals surface area contributed by atoms with Gasteiger partial charge in [-0.2, -0.15) is 4.80 Å². The second kappa shape index (κ2) is 9.43. The summed E-state index contributed by atoms with van der Waals surface area (Å²) in [7, 11) is 6.16. The summed E-state index contributed by atoms with van der Waals surface area (Å²) in [4.78, 5) is 14.0. The van der Waals surface area contributed by atoms with Crippen molar-refractivity contribution in [2.45, 2.75) is 50.6 Å². The summed E-state index contributed by atoms with van der Waals surface area (Å²) >= 11 is 0. The highest BCUT2D eigenvalue weighted by molar-refractivity contribution is 5.85. The van der Waals surface area contributed by atoms with E-state index in [0.29, 0.717) is 17.9 Å². The Balaban J connectivity index is 1.34. The number of nitrogens with one attached hydrogen (secondary N) is 1. The van der Waals surface area contributed by atoms with Crippen molar-refractivity contribution >= 4 is 5.82 Å². The Labute approximate surface area is 211 Å². The van der Waals surface area contributed by atoms with Crippen LogP contribution in [0, 0.1) is 0 Å². The number of nitrogens with zero attached hydrogens (tertiary/aromatic N) is 7. The number of aryl methyl sites for hydroxylation is 1. The Hall–Kier alpha value is -3.65. The Morgan fingerprint density at radius 3 is 2.53 bits per heavy atom. The third kappa shape index (κ3) is 4.48. The highest BCUT2D eigenvalue weighted by Crippen LogP contribution is 2.42. The van der Waals surface area contributed by atoms with Crippen LogP contribution < -0.4 is 5.32 Å². The molecule has 2 heterocycles. The van der Waals surface area contributed by atoms with Gasteiger partial charge < -0.3 is 10.2 Å². The van der Waals surface area contributed by atoms with Crippen LogP contribution in [-0.4, -0.2) is 61.3 Å². The van der Waals surface area contributed by atoms with Crippen LogP contribution in [0.1, 0.15) is 48.3 Å². The SMILES string of the molecule is CN(C)C1CCC(Nc2nc(Cc3ccccc3)nc3c2-c2ccc(-c4nnn(C)n4)cc2C3)CC1. The second-order valence-electron chi connectivity index (χ2n) is 10.2. The Kier molecular flexibility index (Phi) is 5.97. The zero-order valence-electron chi connectivity index (χ0n) is 21.1. The predicted molar refractivity (Wildman–Crippen MR) is 141 cm³/mol. The van der Waals surface area contributed by atoms with Gasteiger partial charge in [-0.1, -0.05) is 42.5 Å². The molecular weight excluding hydrogens is 448 g/mol. The van der Waals surface area contributed by atoms with Gasteiger partial charge in [0.25, 0.3) is 0 Å². The molecule has 36 heavy (non-hydrogen) atoms. The molecule has 0 spiro atoms. The minimum atomic E-state index is 0.428. The molecule has 8 nitrogen and oxygen atoms in total. The van der Waals surface area contributed by atoms with Crippen molar-refractivity contribution in [3.05, 3.63) is 71.2 Å². The van der Waals surface area contributed by atoms with Gasteiger partial charge in [0.05, 0.1) is 12.7 Å². The van der Waals surface area contributed by atoms with E-state index in [0.717, 1.165) is 54.1 Å². The van der Waals surface area contributed by atoms with Gasteiger partial charge in [0, 0.05) is 36.1 Å². The standard InChI is InChI=1S/C28H32N8/c1-35(2)22-12-10-21(11-13-22)29-28-26-23-14-9-19(27-32-34-36(3)33-27)16-20(23)17-24(26)30-25(31-28)15-18-7-5-4-6-8-18/h4-9,14,16,21-22H,10-13,15,17H2,1-3H3,(H,29,30,31). The molecule has 2 aliphatic rings. The molecule has 0 amide bonds. The Morgan fingerprint density at radius 1 is 1.00 bits per heavy atom. The van der Waals surface area contributed by atoms with Crippen molar-refractivity contribution in [2.24, 2.45) is 7.05 Å². The lowest BCUT2D eigenvalue weighted by atomic mass is 9.90. The summed E-state index contributed by atoms with van der Waals surface area (Å²) in [5.74, 6) is 2.49. The Morgan fingerprint density at radius 2 is 1.81 bits per heavy atom. The van der Waals surface area contributed by atoms with Crippen LogP contribution >= 0.6 is 0 Å². The molecule has 2 aromatic carbocycles. The third-order valence-corrected chi connectivity index (χ3v) is 7.50. The lowest BCUT2D eigenvalue weighted by Crippen LogP contribution is -2.36. The fourth-order valence-corrected chi connectivity index (χ4v) is 5.56. The van der Waals surface area contributed by atoms with Gasteiger partial charge in [-0.15, -0.1) is 10.2 Å². The molecule has 0 radical (unpaired) electrons. The second-order valence-corrected chi connectivity index (χ2v) is 10.2. The van der Waals surface area contributed by atoms with E-state index < -0.39 is 0 Å². The maximum atomic E-state index is 5.10. The topological polar surface area (TPSA) is 84.6 Å². The van der Waals surface area contributed by atoms with Gasteiger partial charge >= 0.3 is 0 Å². The number of fused-ring (bicyclic) bond motifs is 3. The van der Waals surface area contributed by atoms with Crippen molar-refractivity contribution in [3.63, 3.8) is 0 Å². The van der Waals surface area contributed by atoms with Crippen LogP contribution in [0.5, 0.6) is 0 Å². The van der Waals surface area contributed by atoms with E-state index in [4.69, 9.17) is 9.97 Å². The fraction of sp³-hybridized carbons (Fsp3) is 0.393. The summed E-state index contributed by atoms with van der Waals surface area (Å²) in [5, 5.41) is 16.4. The average Bonchev–Trinajstić information content (AvgIpc) is 3.48. The zero-order valence-corrected chi connectivity index (χ0v) is 21.1. The predicted octanol–water partition coefficient (Wildman–Crippen LogP) is 4.11. The van der Waals surface area contributed by atoms with E-state index in [9.17, 15) is 0 Å². The lowest BCUT2D eigenvalue weighted by Gasteiger charge is -2.33. The van der Waals surface area contributed by atoms with Crippen molar-refractivity contribution in [1.29, 1.82) is 0 Å². The van der Waals surface area contributed by atoms with Crippen LogP contribution in [0.15, 0.2) is 48.5 Å². The van der Waals surface area contributed by atoms with Crippen LogP contribution in [0.2, 0.25) is 0 Å². The maximum Gasteiger partial charge on any atom is 0.204 e. The number of rotatable bonds is 6. The third-order valence-electron chi connectivity index (χ3n) is 7.50.